The Balaban J connectivity index is 1.82. The lowest BCUT2D eigenvalue weighted by Gasteiger charge is -2.36. The number of nitrogens with zero attached hydrogens (tertiary/aromatic N) is 1. The molecule has 1 heterocycles. The Kier molecular flexibility index (Phi) is 3.32. The van der Waals surface area contributed by atoms with Crippen LogP contribution in [0.3, 0.4) is 0 Å². The normalized spacial score (nSPS) is 24.4. The van der Waals surface area contributed by atoms with E-state index in [-0.39, 0.29) is 5.82 Å². The van der Waals surface area contributed by atoms with Crippen LogP contribution in [0.1, 0.15) is 18.4 Å². The average Bonchev–Trinajstić information content (AvgIpc) is 3.18. The van der Waals surface area contributed by atoms with E-state index < -0.39 is 0 Å². The number of halogens is 2. The highest BCUT2D eigenvalue weighted by Crippen LogP contribution is 2.35. The molecular weight excluding hydrogens is 295 g/mol. The van der Waals surface area contributed by atoms with Gasteiger partial charge in [-0.2, -0.15) is 0 Å². The predicted octanol–water partition coefficient (Wildman–Crippen LogP) is 3.08. The molecule has 1 aromatic rings. The summed E-state index contributed by atoms with van der Waals surface area (Å²) in [5, 5.41) is 3.58. The van der Waals surface area contributed by atoms with E-state index in [2.05, 4.69) is 26.1 Å². The van der Waals surface area contributed by atoms with Crippen LogP contribution in [0.5, 0.6) is 0 Å². The van der Waals surface area contributed by atoms with Crippen LogP contribution in [0.2, 0.25) is 0 Å². The van der Waals surface area contributed by atoms with E-state index in [9.17, 15) is 4.39 Å². The highest BCUT2D eigenvalue weighted by atomic mass is 79.9. The van der Waals surface area contributed by atoms with Crippen molar-refractivity contribution in [1.29, 1.82) is 0 Å². The van der Waals surface area contributed by atoms with Crippen molar-refractivity contribution in [2.75, 3.05) is 24.5 Å². The summed E-state index contributed by atoms with van der Waals surface area (Å²) in [5.41, 5.74) is 2.18. The quantitative estimate of drug-likeness (QED) is 0.903. The summed E-state index contributed by atoms with van der Waals surface area (Å²) in [7, 11) is 0. The molecule has 1 aliphatic carbocycles. The van der Waals surface area contributed by atoms with Crippen LogP contribution in [-0.2, 0) is 0 Å². The fourth-order valence-electron chi connectivity index (χ4n) is 2.79. The third-order valence-electron chi connectivity index (χ3n) is 3.98. The van der Waals surface area contributed by atoms with Crippen LogP contribution in [0.15, 0.2) is 16.6 Å². The van der Waals surface area contributed by atoms with E-state index in [1.165, 1.54) is 12.8 Å². The van der Waals surface area contributed by atoms with Crippen LogP contribution in [-0.4, -0.2) is 25.7 Å². The van der Waals surface area contributed by atoms with E-state index in [1.807, 2.05) is 13.0 Å². The Morgan fingerprint density at radius 1 is 1.39 bits per heavy atom. The number of hydrogen-bond acceptors (Lipinski definition) is 2. The molecular formula is C14H18BrFN2. The molecule has 1 saturated heterocycles. The van der Waals surface area contributed by atoms with Gasteiger partial charge in [-0.3, -0.25) is 0 Å². The average molecular weight is 313 g/mol. The van der Waals surface area contributed by atoms with Gasteiger partial charge in [0.2, 0.25) is 0 Å². The maximum atomic E-state index is 13.7. The minimum absolute atomic E-state index is 0.169. The number of nitrogens with one attached hydrogen (secondary N) is 1. The summed E-state index contributed by atoms with van der Waals surface area (Å²) in [6.45, 7) is 5.02. The van der Waals surface area contributed by atoms with Gasteiger partial charge < -0.3 is 10.2 Å². The number of aryl methyl sites for hydroxylation is 1. The third-order valence-corrected chi connectivity index (χ3v) is 4.58. The van der Waals surface area contributed by atoms with Crippen LogP contribution < -0.4 is 10.2 Å². The Morgan fingerprint density at radius 3 is 2.89 bits per heavy atom. The molecule has 0 bridgehead atoms. The van der Waals surface area contributed by atoms with E-state index in [0.29, 0.717) is 10.5 Å². The minimum atomic E-state index is -0.169. The van der Waals surface area contributed by atoms with Crippen molar-refractivity contribution in [2.45, 2.75) is 25.8 Å². The zero-order valence-corrected chi connectivity index (χ0v) is 12.1. The second-order valence-electron chi connectivity index (χ2n) is 5.40. The molecule has 0 radical (unpaired) electrons. The molecule has 1 atom stereocenters. The second kappa shape index (κ2) is 4.82. The van der Waals surface area contributed by atoms with Gasteiger partial charge in [0.15, 0.2) is 0 Å². The lowest BCUT2D eigenvalue weighted by atomic mass is 10.1. The van der Waals surface area contributed by atoms with Crippen molar-refractivity contribution < 1.29 is 4.39 Å². The molecule has 0 amide bonds. The first-order chi connectivity index (χ1) is 8.65. The van der Waals surface area contributed by atoms with Gasteiger partial charge in [-0.15, -0.1) is 0 Å². The summed E-state index contributed by atoms with van der Waals surface area (Å²) in [6, 6.07) is 4.12. The molecule has 2 aliphatic rings. The number of rotatable bonds is 2. The molecule has 18 heavy (non-hydrogen) atoms. The van der Waals surface area contributed by atoms with E-state index in [0.717, 1.165) is 36.8 Å². The second-order valence-corrected chi connectivity index (χ2v) is 6.25. The molecule has 1 saturated carbocycles. The zero-order valence-electron chi connectivity index (χ0n) is 10.5. The zero-order chi connectivity index (χ0) is 12.7. The largest absolute Gasteiger partial charge is 0.368 e. The first kappa shape index (κ1) is 12.4. The van der Waals surface area contributed by atoms with Gasteiger partial charge in [0.05, 0.1) is 4.47 Å². The van der Waals surface area contributed by atoms with Crippen molar-refractivity contribution in [2.24, 2.45) is 5.92 Å². The van der Waals surface area contributed by atoms with Crippen molar-refractivity contribution in [3.8, 4) is 0 Å². The van der Waals surface area contributed by atoms with Crippen LogP contribution in [0, 0.1) is 18.7 Å². The Hall–Kier alpha value is -0.610. The molecule has 1 aromatic carbocycles. The van der Waals surface area contributed by atoms with Gasteiger partial charge in [0.25, 0.3) is 0 Å². The first-order valence-electron chi connectivity index (χ1n) is 6.59. The van der Waals surface area contributed by atoms with Gasteiger partial charge in [0.1, 0.15) is 5.82 Å². The number of piperazine rings is 1. The molecule has 0 spiro atoms. The maximum absolute atomic E-state index is 13.7. The SMILES string of the molecule is Cc1cc(Br)c(F)cc1N1CCNC(C2CC2)C1. The molecule has 2 fully saturated rings. The maximum Gasteiger partial charge on any atom is 0.139 e. The van der Waals surface area contributed by atoms with Gasteiger partial charge in [-0.05, 0) is 59.3 Å². The third kappa shape index (κ3) is 2.41. The number of anilines is 1. The molecule has 1 N–H and O–H groups in total. The minimum Gasteiger partial charge on any atom is -0.368 e. The summed E-state index contributed by atoms with van der Waals surface area (Å²) >= 11 is 3.24. The molecule has 2 nitrogen and oxygen atoms in total. The standard InChI is InChI=1S/C14H18BrFN2/c1-9-6-11(15)12(16)7-14(9)18-5-4-17-13(8-18)10-2-3-10/h6-7,10,13,17H,2-5,8H2,1H3. The fourth-order valence-corrected chi connectivity index (χ4v) is 3.25. The molecule has 1 aliphatic heterocycles. The molecule has 4 heteroatoms. The van der Waals surface area contributed by atoms with Crippen molar-refractivity contribution in [3.63, 3.8) is 0 Å². The van der Waals surface area contributed by atoms with Crippen LogP contribution >= 0.6 is 15.9 Å². The van der Waals surface area contributed by atoms with Crippen molar-refractivity contribution in [1.82, 2.24) is 5.32 Å². The van der Waals surface area contributed by atoms with Crippen molar-refractivity contribution >= 4 is 21.6 Å². The molecule has 3 rings (SSSR count). The van der Waals surface area contributed by atoms with E-state index >= 15 is 0 Å². The summed E-state index contributed by atoms with van der Waals surface area (Å²) in [5.74, 6) is 0.672. The smallest absolute Gasteiger partial charge is 0.139 e. The van der Waals surface area contributed by atoms with Gasteiger partial charge in [-0.1, -0.05) is 0 Å². The number of hydrogen-bond donors (Lipinski definition) is 1. The predicted molar refractivity (Wildman–Crippen MR) is 75.6 cm³/mol. The van der Waals surface area contributed by atoms with Gasteiger partial charge in [0, 0.05) is 31.4 Å². The monoisotopic (exact) mass is 312 g/mol. The lowest BCUT2D eigenvalue weighted by molar-refractivity contribution is 0.418. The molecule has 1 unspecified atom stereocenters. The fraction of sp³-hybridized carbons (Fsp3) is 0.571. The summed E-state index contributed by atoms with van der Waals surface area (Å²) < 4.78 is 14.2. The topological polar surface area (TPSA) is 15.3 Å². The Morgan fingerprint density at radius 2 is 2.17 bits per heavy atom. The van der Waals surface area contributed by atoms with Gasteiger partial charge >= 0.3 is 0 Å². The van der Waals surface area contributed by atoms with Crippen molar-refractivity contribution in [3.05, 3.63) is 28.0 Å². The van der Waals surface area contributed by atoms with Crippen LogP contribution in [0.25, 0.3) is 0 Å². The Bertz CT molecular complexity index is 459. The molecule has 98 valence electrons. The first-order valence-corrected chi connectivity index (χ1v) is 7.38. The van der Waals surface area contributed by atoms with Crippen LogP contribution in [0.4, 0.5) is 10.1 Å². The molecule has 0 aromatic heterocycles. The van der Waals surface area contributed by atoms with Gasteiger partial charge in [-0.25, -0.2) is 4.39 Å². The Labute approximate surface area is 116 Å². The van der Waals surface area contributed by atoms with E-state index in [4.69, 9.17) is 0 Å². The summed E-state index contributed by atoms with van der Waals surface area (Å²) in [6.07, 6.45) is 2.69. The van der Waals surface area contributed by atoms with E-state index in [1.54, 1.807) is 6.07 Å². The highest BCUT2D eigenvalue weighted by Gasteiger charge is 2.34. The highest BCUT2D eigenvalue weighted by molar-refractivity contribution is 9.10. The number of benzene rings is 1. The summed E-state index contributed by atoms with van der Waals surface area (Å²) in [4.78, 5) is 2.32. The lowest BCUT2D eigenvalue weighted by Crippen LogP contribution is -2.52.